The predicted molar refractivity (Wildman–Crippen MR) is 50.6 cm³/mol. The van der Waals surface area contributed by atoms with Crippen molar-refractivity contribution in [2.24, 2.45) is 0 Å². The average molecular weight is 197 g/mol. The molecule has 0 aromatic rings. The molecule has 2 rings (SSSR count). The Kier molecular flexibility index (Phi) is 2.67. The summed E-state index contributed by atoms with van der Waals surface area (Å²) in [6.45, 7) is 2.55. The van der Waals surface area contributed by atoms with Gasteiger partial charge in [0.15, 0.2) is 0 Å². The molecule has 2 saturated heterocycles. The second kappa shape index (κ2) is 3.96. The Bertz CT molecular complexity index is 228. The minimum atomic E-state index is -0.224. The largest absolute Gasteiger partial charge is 0.354 e. The summed E-state index contributed by atoms with van der Waals surface area (Å²) in [5.41, 5.74) is 0. The van der Waals surface area contributed by atoms with Gasteiger partial charge in [0.2, 0.25) is 11.8 Å². The van der Waals surface area contributed by atoms with Gasteiger partial charge in [-0.1, -0.05) is 0 Å². The summed E-state index contributed by atoms with van der Waals surface area (Å²) in [4.78, 5) is 24.7. The summed E-state index contributed by atoms with van der Waals surface area (Å²) < 4.78 is 0. The summed E-state index contributed by atoms with van der Waals surface area (Å²) in [6, 6.07) is -0.224. The van der Waals surface area contributed by atoms with Crippen LogP contribution in [-0.4, -0.2) is 48.9 Å². The molecule has 5 nitrogen and oxygen atoms in total. The minimum Gasteiger partial charge on any atom is -0.354 e. The molecule has 5 heteroatoms. The highest BCUT2D eigenvalue weighted by atomic mass is 16.2. The SMILES string of the molecule is O=C1NCCCC1N1CCNCC1=O. The van der Waals surface area contributed by atoms with Crippen LogP contribution in [0, 0.1) is 0 Å². The van der Waals surface area contributed by atoms with Crippen molar-refractivity contribution in [2.45, 2.75) is 18.9 Å². The molecule has 78 valence electrons. The van der Waals surface area contributed by atoms with Crippen molar-refractivity contribution in [3.05, 3.63) is 0 Å². The van der Waals surface area contributed by atoms with Crippen LogP contribution < -0.4 is 10.6 Å². The van der Waals surface area contributed by atoms with Crippen molar-refractivity contribution < 1.29 is 9.59 Å². The Balaban J connectivity index is 2.04. The van der Waals surface area contributed by atoms with Crippen LogP contribution in [0.3, 0.4) is 0 Å². The number of nitrogens with zero attached hydrogens (tertiary/aromatic N) is 1. The quantitative estimate of drug-likeness (QED) is 0.549. The molecular weight excluding hydrogens is 182 g/mol. The van der Waals surface area contributed by atoms with E-state index >= 15 is 0 Å². The Labute approximate surface area is 82.8 Å². The molecule has 0 aromatic carbocycles. The van der Waals surface area contributed by atoms with Crippen LogP contribution in [0.25, 0.3) is 0 Å². The number of amides is 2. The van der Waals surface area contributed by atoms with E-state index in [1.54, 1.807) is 4.90 Å². The first-order valence-electron chi connectivity index (χ1n) is 5.07. The highest BCUT2D eigenvalue weighted by Gasteiger charge is 2.32. The van der Waals surface area contributed by atoms with Gasteiger partial charge in [0.1, 0.15) is 6.04 Å². The smallest absolute Gasteiger partial charge is 0.242 e. The fraction of sp³-hybridized carbons (Fsp3) is 0.778. The van der Waals surface area contributed by atoms with Gasteiger partial charge in [0.25, 0.3) is 0 Å². The van der Waals surface area contributed by atoms with Gasteiger partial charge in [0, 0.05) is 19.6 Å². The molecule has 0 spiro atoms. The first kappa shape index (κ1) is 9.45. The molecule has 0 bridgehead atoms. The maximum atomic E-state index is 11.5. The Hall–Kier alpha value is -1.10. The van der Waals surface area contributed by atoms with Crippen molar-refractivity contribution in [3.63, 3.8) is 0 Å². The third kappa shape index (κ3) is 1.72. The molecule has 0 aliphatic carbocycles. The first-order chi connectivity index (χ1) is 6.79. The lowest BCUT2D eigenvalue weighted by atomic mass is 10.0. The van der Waals surface area contributed by atoms with Crippen molar-refractivity contribution >= 4 is 11.8 Å². The molecule has 2 N–H and O–H groups in total. The number of rotatable bonds is 1. The number of hydrogen-bond donors (Lipinski definition) is 2. The zero-order chi connectivity index (χ0) is 9.97. The molecule has 2 aliphatic heterocycles. The maximum absolute atomic E-state index is 11.5. The molecule has 2 amide bonds. The number of nitrogens with one attached hydrogen (secondary N) is 2. The van der Waals surface area contributed by atoms with E-state index in [0.717, 1.165) is 25.9 Å². The normalized spacial score (nSPS) is 28.9. The lowest BCUT2D eigenvalue weighted by Gasteiger charge is -2.36. The molecule has 2 aliphatic rings. The monoisotopic (exact) mass is 197 g/mol. The summed E-state index contributed by atoms with van der Waals surface area (Å²) in [6.07, 6.45) is 1.77. The van der Waals surface area contributed by atoms with E-state index in [2.05, 4.69) is 10.6 Å². The third-order valence-corrected chi connectivity index (χ3v) is 2.76. The standard InChI is InChI=1S/C9H15N3O2/c13-8-6-10-4-5-12(8)7-2-1-3-11-9(7)14/h7,10H,1-6H2,(H,11,14). The van der Waals surface area contributed by atoms with Crippen LogP contribution in [0.1, 0.15) is 12.8 Å². The van der Waals surface area contributed by atoms with Crippen molar-refractivity contribution in [1.82, 2.24) is 15.5 Å². The van der Waals surface area contributed by atoms with Gasteiger partial charge in [-0.3, -0.25) is 9.59 Å². The van der Waals surface area contributed by atoms with Gasteiger partial charge in [-0.2, -0.15) is 0 Å². The highest BCUT2D eigenvalue weighted by molar-refractivity contribution is 5.89. The number of carbonyl (C=O) groups is 2. The van der Waals surface area contributed by atoms with Crippen molar-refractivity contribution in [1.29, 1.82) is 0 Å². The fourth-order valence-corrected chi connectivity index (χ4v) is 2.00. The van der Waals surface area contributed by atoms with Crippen LogP contribution in [0.4, 0.5) is 0 Å². The fourth-order valence-electron chi connectivity index (χ4n) is 2.00. The average Bonchev–Trinajstić information content (AvgIpc) is 2.20. The van der Waals surface area contributed by atoms with E-state index in [4.69, 9.17) is 0 Å². The summed E-state index contributed by atoms with van der Waals surface area (Å²) in [5.74, 6) is 0.0461. The molecular formula is C9H15N3O2. The number of carbonyl (C=O) groups excluding carboxylic acids is 2. The van der Waals surface area contributed by atoms with E-state index in [-0.39, 0.29) is 17.9 Å². The second-order valence-corrected chi connectivity index (χ2v) is 3.71. The summed E-state index contributed by atoms with van der Waals surface area (Å²) in [5, 5.41) is 5.79. The lowest BCUT2D eigenvalue weighted by Crippen LogP contribution is -2.58. The van der Waals surface area contributed by atoms with Crippen molar-refractivity contribution in [3.8, 4) is 0 Å². The zero-order valence-electron chi connectivity index (χ0n) is 8.08. The van der Waals surface area contributed by atoms with Gasteiger partial charge in [-0.25, -0.2) is 0 Å². The van der Waals surface area contributed by atoms with Gasteiger partial charge in [-0.15, -0.1) is 0 Å². The summed E-state index contributed by atoms with van der Waals surface area (Å²) in [7, 11) is 0. The van der Waals surface area contributed by atoms with E-state index in [0.29, 0.717) is 13.1 Å². The number of piperazine rings is 1. The zero-order valence-corrected chi connectivity index (χ0v) is 8.08. The maximum Gasteiger partial charge on any atom is 0.242 e. The van der Waals surface area contributed by atoms with Crippen LogP contribution in [0.2, 0.25) is 0 Å². The number of piperidine rings is 1. The molecule has 2 fully saturated rings. The van der Waals surface area contributed by atoms with Crippen LogP contribution in [-0.2, 0) is 9.59 Å². The summed E-state index contributed by atoms with van der Waals surface area (Å²) >= 11 is 0. The van der Waals surface area contributed by atoms with Gasteiger partial charge < -0.3 is 15.5 Å². The van der Waals surface area contributed by atoms with Crippen molar-refractivity contribution in [2.75, 3.05) is 26.2 Å². The molecule has 2 heterocycles. The van der Waals surface area contributed by atoms with Crippen LogP contribution >= 0.6 is 0 Å². The van der Waals surface area contributed by atoms with Gasteiger partial charge >= 0.3 is 0 Å². The Morgan fingerprint density at radius 3 is 2.86 bits per heavy atom. The van der Waals surface area contributed by atoms with E-state index in [1.165, 1.54) is 0 Å². The van der Waals surface area contributed by atoms with E-state index < -0.39 is 0 Å². The molecule has 14 heavy (non-hydrogen) atoms. The predicted octanol–water partition coefficient (Wildman–Crippen LogP) is -1.30. The Morgan fingerprint density at radius 1 is 1.29 bits per heavy atom. The van der Waals surface area contributed by atoms with E-state index in [9.17, 15) is 9.59 Å². The van der Waals surface area contributed by atoms with Crippen LogP contribution in [0.5, 0.6) is 0 Å². The first-order valence-corrected chi connectivity index (χ1v) is 5.07. The molecule has 1 unspecified atom stereocenters. The van der Waals surface area contributed by atoms with Crippen LogP contribution in [0.15, 0.2) is 0 Å². The second-order valence-electron chi connectivity index (χ2n) is 3.71. The molecule has 0 radical (unpaired) electrons. The third-order valence-electron chi connectivity index (χ3n) is 2.76. The molecule has 0 aromatic heterocycles. The molecule has 1 atom stereocenters. The lowest BCUT2D eigenvalue weighted by molar-refractivity contribution is -0.142. The van der Waals surface area contributed by atoms with Gasteiger partial charge in [-0.05, 0) is 12.8 Å². The minimum absolute atomic E-state index is 0.00602. The number of hydrogen-bond acceptors (Lipinski definition) is 3. The van der Waals surface area contributed by atoms with E-state index in [1.807, 2.05) is 0 Å². The highest BCUT2D eigenvalue weighted by Crippen LogP contribution is 2.12. The molecule has 0 saturated carbocycles. The Morgan fingerprint density at radius 2 is 2.14 bits per heavy atom. The van der Waals surface area contributed by atoms with Gasteiger partial charge in [0.05, 0.1) is 6.54 Å². The topological polar surface area (TPSA) is 61.4 Å².